The molecule has 2 aromatic rings. The Kier molecular flexibility index (Phi) is 6.31. The number of hydrogen-bond donors (Lipinski definition) is 1. The number of anilines is 1. The molecule has 1 aromatic heterocycles. The molecule has 1 aromatic carbocycles. The molecule has 0 bridgehead atoms. The molecule has 1 aliphatic heterocycles. The number of nitrogens with one attached hydrogen (secondary N) is 1. The number of hydrogen-bond acceptors (Lipinski definition) is 5. The first kappa shape index (κ1) is 20.4. The summed E-state index contributed by atoms with van der Waals surface area (Å²) >= 11 is 0. The first-order chi connectivity index (χ1) is 14.6. The number of amides is 1. The Hall–Kier alpha value is -2.89. The van der Waals surface area contributed by atoms with E-state index in [1.807, 2.05) is 0 Å². The number of ether oxygens (including phenoxy) is 1. The lowest BCUT2D eigenvalue weighted by Crippen LogP contribution is -2.40. The number of methoxy groups -OCH3 is 1. The number of carbonyl (C=O) groups excluding carboxylic acids is 2. The van der Waals surface area contributed by atoms with E-state index in [0.717, 1.165) is 44.3 Å². The van der Waals surface area contributed by atoms with Crippen molar-refractivity contribution in [1.82, 2.24) is 10.3 Å². The van der Waals surface area contributed by atoms with Crippen LogP contribution in [0.15, 0.2) is 42.6 Å². The molecule has 2 fully saturated rings. The van der Waals surface area contributed by atoms with Gasteiger partial charge in [-0.1, -0.05) is 24.3 Å². The average Bonchev–Trinajstić information content (AvgIpc) is 3.20. The van der Waals surface area contributed by atoms with Gasteiger partial charge in [0.1, 0.15) is 11.4 Å². The van der Waals surface area contributed by atoms with Crippen molar-refractivity contribution in [3.8, 4) is 0 Å². The van der Waals surface area contributed by atoms with Gasteiger partial charge in [-0.15, -0.1) is 0 Å². The van der Waals surface area contributed by atoms with Crippen LogP contribution in [-0.2, 0) is 22.4 Å². The molecule has 1 aliphatic carbocycles. The number of nitrogens with zero attached hydrogens (tertiary/aromatic N) is 2. The summed E-state index contributed by atoms with van der Waals surface area (Å²) in [5, 5.41) is 3.09. The third-order valence-electron chi connectivity index (χ3n) is 6.16. The summed E-state index contributed by atoms with van der Waals surface area (Å²) in [5.74, 6) is 0.985. The van der Waals surface area contributed by atoms with E-state index in [0.29, 0.717) is 29.8 Å². The van der Waals surface area contributed by atoms with Crippen LogP contribution >= 0.6 is 0 Å². The molecular formula is C24H29N3O3. The Morgan fingerprint density at radius 3 is 2.60 bits per heavy atom. The van der Waals surface area contributed by atoms with Crippen LogP contribution in [0.25, 0.3) is 0 Å². The van der Waals surface area contributed by atoms with Crippen LogP contribution in [-0.4, -0.2) is 43.1 Å². The van der Waals surface area contributed by atoms with Gasteiger partial charge in [0, 0.05) is 25.3 Å². The van der Waals surface area contributed by atoms with E-state index < -0.39 is 0 Å². The van der Waals surface area contributed by atoms with Crippen LogP contribution in [0.3, 0.4) is 0 Å². The molecule has 2 aliphatic rings. The van der Waals surface area contributed by atoms with Gasteiger partial charge in [-0.3, -0.25) is 4.79 Å². The summed E-state index contributed by atoms with van der Waals surface area (Å²) in [4.78, 5) is 30.7. The van der Waals surface area contributed by atoms with Crippen molar-refractivity contribution in [3.63, 3.8) is 0 Å². The van der Waals surface area contributed by atoms with E-state index in [9.17, 15) is 9.59 Å². The second-order valence-electron chi connectivity index (χ2n) is 8.36. The quantitative estimate of drug-likeness (QED) is 0.714. The van der Waals surface area contributed by atoms with Gasteiger partial charge in [0.25, 0.3) is 0 Å². The number of esters is 1. The van der Waals surface area contributed by atoms with Crippen LogP contribution in [0, 0.1) is 5.92 Å². The number of pyridine rings is 1. The SMILES string of the molecule is COC(=O)c1cccnc1N1CCC(Cc2ccc(CC(=O)NC3CCC3)cc2)C1. The van der Waals surface area contributed by atoms with E-state index in [-0.39, 0.29) is 11.9 Å². The molecular weight excluding hydrogens is 378 g/mol. The summed E-state index contributed by atoms with van der Waals surface area (Å²) < 4.78 is 4.89. The monoisotopic (exact) mass is 407 g/mol. The minimum Gasteiger partial charge on any atom is -0.465 e. The Morgan fingerprint density at radius 1 is 1.13 bits per heavy atom. The molecule has 1 N–H and O–H groups in total. The number of aromatic nitrogens is 1. The fraction of sp³-hybridized carbons (Fsp3) is 0.458. The molecule has 1 amide bonds. The van der Waals surface area contributed by atoms with Gasteiger partial charge in [0.15, 0.2) is 0 Å². The normalized spacial score (nSPS) is 18.7. The van der Waals surface area contributed by atoms with Gasteiger partial charge < -0.3 is 15.0 Å². The maximum absolute atomic E-state index is 12.1. The summed E-state index contributed by atoms with van der Waals surface area (Å²) in [7, 11) is 1.40. The molecule has 4 rings (SSSR count). The second-order valence-corrected chi connectivity index (χ2v) is 8.36. The molecule has 2 heterocycles. The molecule has 30 heavy (non-hydrogen) atoms. The zero-order valence-corrected chi connectivity index (χ0v) is 17.5. The molecule has 1 saturated carbocycles. The van der Waals surface area contributed by atoms with Crippen molar-refractivity contribution in [3.05, 3.63) is 59.3 Å². The molecule has 0 radical (unpaired) electrons. The topological polar surface area (TPSA) is 71.5 Å². The second kappa shape index (κ2) is 9.28. The molecule has 1 atom stereocenters. The Labute approximate surface area is 177 Å². The molecule has 6 heteroatoms. The maximum atomic E-state index is 12.1. The maximum Gasteiger partial charge on any atom is 0.341 e. The number of benzene rings is 1. The first-order valence-electron chi connectivity index (χ1n) is 10.8. The molecule has 1 unspecified atom stereocenters. The molecule has 0 spiro atoms. The highest BCUT2D eigenvalue weighted by molar-refractivity contribution is 5.94. The van der Waals surface area contributed by atoms with E-state index in [1.165, 1.54) is 19.1 Å². The summed E-state index contributed by atoms with van der Waals surface area (Å²) in [6.45, 7) is 1.75. The van der Waals surface area contributed by atoms with Gasteiger partial charge in [-0.2, -0.15) is 0 Å². The van der Waals surface area contributed by atoms with Crippen molar-refractivity contribution in [2.45, 2.75) is 44.6 Å². The Balaban J connectivity index is 1.31. The highest BCUT2D eigenvalue weighted by Crippen LogP contribution is 2.27. The fourth-order valence-corrected chi connectivity index (χ4v) is 4.25. The summed E-state index contributed by atoms with van der Waals surface area (Å²) in [6.07, 6.45) is 7.65. The average molecular weight is 408 g/mol. The van der Waals surface area contributed by atoms with Crippen LogP contribution in [0.4, 0.5) is 5.82 Å². The van der Waals surface area contributed by atoms with Gasteiger partial charge in [0.2, 0.25) is 5.91 Å². The molecule has 1 saturated heterocycles. The summed E-state index contributed by atoms with van der Waals surface area (Å²) in [6, 6.07) is 12.3. The van der Waals surface area contributed by atoms with Crippen molar-refractivity contribution < 1.29 is 14.3 Å². The third kappa shape index (κ3) is 4.81. The van der Waals surface area contributed by atoms with Gasteiger partial charge in [0.05, 0.1) is 13.5 Å². The molecule has 6 nitrogen and oxygen atoms in total. The zero-order chi connectivity index (χ0) is 20.9. The van der Waals surface area contributed by atoms with Crippen LogP contribution in [0.2, 0.25) is 0 Å². The highest BCUT2D eigenvalue weighted by Gasteiger charge is 2.27. The predicted octanol–water partition coefficient (Wildman–Crippen LogP) is 3.15. The third-order valence-corrected chi connectivity index (χ3v) is 6.16. The largest absolute Gasteiger partial charge is 0.465 e. The predicted molar refractivity (Wildman–Crippen MR) is 116 cm³/mol. The van der Waals surface area contributed by atoms with Crippen molar-refractivity contribution >= 4 is 17.7 Å². The Bertz CT molecular complexity index is 893. The smallest absolute Gasteiger partial charge is 0.341 e. The van der Waals surface area contributed by atoms with Crippen LogP contribution in [0.1, 0.15) is 47.2 Å². The number of carbonyl (C=O) groups is 2. The van der Waals surface area contributed by atoms with Crippen molar-refractivity contribution in [1.29, 1.82) is 0 Å². The standard InChI is InChI=1S/C24H29N3O3/c1-30-24(29)21-6-3-12-25-23(21)27-13-11-19(16-27)14-17-7-9-18(10-8-17)15-22(28)26-20-4-2-5-20/h3,6-10,12,19-20H,2,4-5,11,13-16H2,1H3,(H,26,28). The van der Waals surface area contributed by atoms with Gasteiger partial charge in [-0.25, -0.2) is 9.78 Å². The minimum absolute atomic E-state index is 0.121. The van der Waals surface area contributed by atoms with Crippen LogP contribution < -0.4 is 10.2 Å². The number of rotatable bonds is 7. The van der Waals surface area contributed by atoms with E-state index in [4.69, 9.17) is 4.74 Å². The summed E-state index contributed by atoms with van der Waals surface area (Å²) in [5.41, 5.74) is 2.85. The van der Waals surface area contributed by atoms with E-state index >= 15 is 0 Å². The van der Waals surface area contributed by atoms with Crippen LogP contribution in [0.5, 0.6) is 0 Å². The van der Waals surface area contributed by atoms with Crippen molar-refractivity contribution in [2.75, 3.05) is 25.1 Å². The first-order valence-corrected chi connectivity index (χ1v) is 10.8. The fourth-order valence-electron chi connectivity index (χ4n) is 4.25. The van der Waals surface area contributed by atoms with Gasteiger partial charge >= 0.3 is 5.97 Å². The Morgan fingerprint density at radius 2 is 1.90 bits per heavy atom. The van der Waals surface area contributed by atoms with E-state index in [2.05, 4.69) is 39.5 Å². The minimum atomic E-state index is -0.349. The van der Waals surface area contributed by atoms with E-state index in [1.54, 1.807) is 18.3 Å². The lowest BCUT2D eigenvalue weighted by molar-refractivity contribution is -0.121. The van der Waals surface area contributed by atoms with Crippen molar-refractivity contribution in [2.24, 2.45) is 5.92 Å². The lowest BCUT2D eigenvalue weighted by Gasteiger charge is -2.26. The van der Waals surface area contributed by atoms with Gasteiger partial charge in [-0.05, 0) is 61.3 Å². The molecule has 158 valence electrons. The zero-order valence-electron chi connectivity index (χ0n) is 17.5. The highest BCUT2D eigenvalue weighted by atomic mass is 16.5. The lowest BCUT2D eigenvalue weighted by atomic mass is 9.93.